The van der Waals surface area contributed by atoms with Gasteiger partial charge >= 0.3 is 0 Å². The Morgan fingerprint density at radius 1 is 1.39 bits per heavy atom. The molecule has 3 heterocycles. The van der Waals surface area contributed by atoms with Crippen LogP contribution in [0, 0.1) is 5.92 Å². The van der Waals surface area contributed by atoms with E-state index >= 15 is 0 Å². The maximum atomic E-state index is 12.5. The highest BCUT2D eigenvalue weighted by Gasteiger charge is 2.24. The lowest BCUT2D eigenvalue weighted by molar-refractivity contribution is -0.896. The summed E-state index contributed by atoms with van der Waals surface area (Å²) in [7, 11) is 0. The first-order valence-corrected chi connectivity index (χ1v) is 11.2. The van der Waals surface area contributed by atoms with Crippen LogP contribution in [0.5, 0.6) is 0 Å². The summed E-state index contributed by atoms with van der Waals surface area (Å²) in [5, 5.41) is 8.44. The molecular weight excluding hydrogens is 372 g/mol. The Bertz CT molecular complexity index is 990. The van der Waals surface area contributed by atoms with Crippen LogP contribution in [0.3, 0.4) is 0 Å². The zero-order valence-corrected chi connectivity index (χ0v) is 17.7. The number of aryl methyl sites for hydroxylation is 1. The van der Waals surface area contributed by atoms with Crippen molar-refractivity contribution in [3.05, 3.63) is 22.6 Å². The summed E-state index contributed by atoms with van der Waals surface area (Å²) in [6.07, 6.45) is 6.03. The number of nitrogens with zero attached hydrogens (tertiary/aromatic N) is 4. The maximum absolute atomic E-state index is 12.5. The molecule has 0 saturated carbocycles. The number of aromatic nitrogens is 4. The van der Waals surface area contributed by atoms with Gasteiger partial charge in [0.25, 0.3) is 5.91 Å². The molecule has 0 aliphatic heterocycles. The second-order valence-electron chi connectivity index (χ2n) is 7.80. The van der Waals surface area contributed by atoms with Crippen LogP contribution in [0.1, 0.15) is 54.7 Å². The van der Waals surface area contributed by atoms with E-state index in [1.807, 2.05) is 0 Å². The quantitative estimate of drug-likeness (QED) is 0.589. The van der Waals surface area contributed by atoms with Crippen LogP contribution in [-0.4, -0.2) is 51.7 Å². The standard InChI is InChI=1S/C20H28N6OS/c1-4-25(5-2)10-6-9-21-19(27)17-23-18-16-14-11-13(3)7-8-15(14)28-20(16)22-12-26(18)24-17/h12-13H,4-11H2,1-3H3,(H,21,27)/p+1/t13-/m1/s1. The molecule has 0 saturated heterocycles. The molecule has 1 amide bonds. The molecule has 4 rings (SSSR count). The fourth-order valence-corrected chi connectivity index (χ4v) is 5.24. The molecule has 0 radical (unpaired) electrons. The fourth-order valence-electron chi connectivity index (χ4n) is 4.07. The average molecular weight is 402 g/mol. The predicted molar refractivity (Wildman–Crippen MR) is 111 cm³/mol. The average Bonchev–Trinajstić information content (AvgIpc) is 3.28. The Morgan fingerprint density at radius 2 is 2.21 bits per heavy atom. The van der Waals surface area contributed by atoms with Crippen molar-refractivity contribution in [1.82, 2.24) is 24.9 Å². The first-order valence-electron chi connectivity index (χ1n) is 10.4. The molecule has 28 heavy (non-hydrogen) atoms. The molecule has 150 valence electrons. The molecule has 1 atom stereocenters. The molecule has 1 aliphatic carbocycles. The lowest BCUT2D eigenvalue weighted by Gasteiger charge is -2.17. The number of thiophene rings is 1. The largest absolute Gasteiger partial charge is 0.349 e. The summed E-state index contributed by atoms with van der Waals surface area (Å²) in [6, 6.07) is 0. The molecular formula is C20H29N6OS+. The van der Waals surface area contributed by atoms with Gasteiger partial charge in [0.1, 0.15) is 11.2 Å². The van der Waals surface area contributed by atoms with Gasteiger partial charge in [-0.1, -0.05) is 6.92 Å². The Hall–Kier alpha value is -2.06. The van der Waals surface area contributed by atoms with Crippen LogP contribution >= 0.6 is 11.3 Å². The van der Waals surface area contributed by atoms with Gasteiger partial charge in [0.15, 0.2) is 5.65 Å². The van der Waals surface area contributed by atoms with Gasteiger partial charge in [-0.15, -0.1) is 16.4 Å². The number of carbonyl (C=O) groups excluding carboxylic acids is 1. The zero-order valence-electron chi connectivity index (χ0n) is 16.9. The monoisotopic (exact) mass is 401 g/mol. The first-order chi connectivity index (χ1) is 13.6. The van der Waals surface area contributed by atoms with Gasteiger partial charge in [0, 0.05) is 17.8 Å². The van der Waals surface area contributed by atoms with Crippen LogP contribution in [-0.2, 0) is 12.8 Å². The second kappa shape index (κ2) is 8.13. The van der Waals surface area contributed by atoms with Crippen molar-refractivity contribution >= 4 is 33.1 Å². The van der Waals surface area contributed by atoms with Crippen molar-refractivity contribution < 1.29 is 9.69 Å². The van der Waals surface area contributed by atoms with Crippen molar-refractivity contribution in [3.63, 3.8) is 0 Å². The highest BCUT2D eigenvalue weighted by molar-refractivity contribution is 7.19. The molecule has 0 unspecified atom stereocenters. The van der Waals surface area contributed by atoms with E-state index in [4.69, 9.17) is 0 Å². The van der Waals surface area contributed by atoms with Crippen LogP contribution in [0.2, 0.25) is 0 Å². The van der Waals surface area contributed by atoms with Crippen LogP contribution in [0.4, 0.5) is 0 Å². The van der Waals surface area contributed by atoms with Crippen molar-refractivity contribution in [2.45, 2.75) is 46.5 Å². The van der Waals surface area contributed by atoms with Crippen molar-refractivity contribution in [2.75, 3.05) is 26.2 Å². The molecule has 3 aromatic heterocycles. The number of hydrogen-bond acceptors (Lipinski definition) is 5. The lowest BCUT2D eigenvalue weighted by Crippen LogP contribution is -3.11. The van der Waals surface area contributed by atoms with Crippen molar-refractivity contribution in [3.8, 4) is 0 Å². The molecule has 0 spiro atoms. The highest BCUT2D eigenvalue weighted by Crippen LogP contribution is 2.38. The summed E-state index contributed by atoms with van der Waals surface area (Å²) in [4.78, 5) is 25.7. The molecule has 3 aromatic rings. The van der Waals surface area contributed by atoms with E-state index in [9.17, 15) is 4.79 Å². The van der Waals surface area contributed by atoms with Gasteiger partial charge in [0.05, 0.1) is 25.0 Å². The van der Waals surface area contributed by atoms with E-state index in [1.165, 1.54) is 16.9 Å². The minimum Gasteiger partial charge on any atom is -0.349 e. The Balaban J connectivity index is 1.53. The number of hydrogen-bond donors (Lipinski definition) is 2. The summed E-state index contributed by atoms with van der Waals surface area (Å²) in [5.41, 5.74) is 2.12. The minimum atomic E-state index is -0.205. The smallest absolute Gasteiger partial charge is 0.290 e. The van der Waals surface area contributed by atoms with E-state index in [-0.39, 0.29) is 11.7 Å². The Labute approximate surface area is 169 Å². The molecule has 0 fully saturated rings. The molecule has 2 N–H and O–H groups in total. The molecule has 1 aliphatic rings. The Morgan fingerprint density at radius 3 is 3.00 bits per heavy atom. The van der Waals surface area contributed by atoms with Gasteiger partial charge in [-0.25, -0.2) is 14.5 Å². The number of quaternary nitrogens is 1. The normalized spacial score (nSPS) is 16.8. The summed E-state index contributed by atoms with van der Waals surface area (Å²) in [5.74, 6) is 0.696. The van der Waals surface area contributed by atoms with Crippen LogP contribution in [0.25, 0.3) is 15.9 Å². The summed E-state index contributed by atoms with van der Waals surface area (Å²) >= 11 is 1.76. The fraction of sp³-hybridized carbons (Fsp3) is 0.600. The third-order valence-corrected chi connectivity index (χ3v) is 7.02. The zero-order chi connectivity index (χ0) is 19.7. The minimum absolute atomic E-state index is 0.205. The van der Waals surface area contributed by atoms with Gasteiger partial charge in [-0.2, -0.15) is 0 Å². The number of nitrogens with one attached hydrogen (secondary N) is 2. The third kappa shape index (κ3) is 3.63. The summed E-state index contributed by atoms with van der Waals surface area (Å²) in [6.45, 7) is 10.6. The number of rotatable bonds is 7. The van der Waals surface area contributed by atoms with Gasteiger partial charge < -0.3 is 10.2 Å². The predicted octanol–water partition coefficient (Wildman–Crippen LogP) is 1.51. The van der Waals surface area contributed by atoms with E-state index in [0.29, 0.717) is 12.5 Å². The van der Waals surface area contributed by atoms with E-state index in [1.54, 1.807) is 27.1 Å². The topological polar surface area (TPSA) is 76.6 Å². The van der Waals surface area contributed by atoms with Crippen molar-refractivity contribution in [2.24, 2.45) is 5.92 Å². The molecule has 0 bridgehead atoms. The lowest BCUT2D eigenvalue weighted by atomic mass is 9.89. The van der Waals surface area contributed by atoms with Gasteiger partial charge in [0.2, 0.25) is 5.82 Å². The van der Waals surface area contributed by atoms with Gasteiger partial charge in [-0.05, 0) is 44.6 Å². The summed E-state index contributed by atoms with van der Waals surface area (Å²) < 4.78 is 1.66. The second-order valence-corrected chi connectivity index (χ2v) is 8.88. The van der Waals surface area contributed by atoms with Crippen molar-refractivity contribution in [1.29, 1.82) is 0 Å². The third-order valence-electron chi connectivity index (χ3n) is 5.82. The molecule has 0 aromatic carbocycles. The first kappa shape index (κ1) is 19.3. The molecule has 8 heteroatoms. The van der Waals surface area contributed by atoms with Crippen LogP contribution < -0.4 is 10.2 Å². The van der Waals surface area contributed by atoms with E-state index in [0.717, 1.165) is 54.8 Å². The highest BCUT2D eigenvalue weighted by atomic mass is 32.1. The van der Waals surface area contributed by atoms with E-state index < -0.39 is 0 Å². The van der Waals surface area contributed by atoms with Crippen LogP contribution in [0.15, 0.2) is 6.33 Å². The maximum Gasteiger partial charge on any atom is 0.290 e. The number of amides is 1. The Kier molecular flexibility index (Phi) is 5.59. The van der Waals surface area contributed by atoms with E-state index in [2.05, 4.69) is 41.2 Å². The molecule has 7 nitrogen and oxygen atoms in total. The SMILES string of the molecule is CC[NH+](CC)CCCNC(=O)c1nc2c3c4c(sc3ncn2n1)CC[C@@H](C)C4. The number of carbonyl (C=O) groups is 1. The number of fused-ring (bicyclic) bond motifs is 5. The van der Waals surface area contributed by atoms with Gasteiger partial charge in [-0.3, -0.25) is 4.79 Å².